The monoisotopic (exact) mass is 223 g/mol. The van der Waals surface area contributed by atoms with Gasteiger partial charge in [0.1, 0.15) is 11.3 Å². The standard InChI is InChI=1S/C10H13N3OS/c1-13(2)10-12-9-7(14-3)4-6(11)5-8(9)15-10/h4-5H,11H2,1-3H3. The van der Waals surface area contributed by atoms with Gasteiger partial charge in [-0.25, -0.2) is 4.98 Å². The second kappa shape index (κ2) is 3.58. The van der Waals surface area contributed by atoms with Crippen molar-refractivity contribution in [3.05, 3.63) is 12.1 Å². The van der Waals surface area contributed by atoms with Gasteiger partial charge in [0.25, 0.3) is 0 Å². The van der Waals surface area contributed by atoms with Crippen molar-refractivity contribution in [2.24, 2.45) is 0 Å². The number of fused-ring (bicyclic) bond motifs is 1. The number of nitrogen functional groups attached to an aromatic ring is 1. The highest BCUT2D eigenvalue weighted by molar-refractivity contribution is 7.22. The number of nitrogens with two attached hydrogens (primary N) is 1. The molecule has 0 amide bonds. The fourth-order valence-electron chi connectivity index (χ4n) is 1.35. The van der Waals surface area contributed by atoms with E-state index < -0.39 is 0 Å². The summed E-state index contributed by atoms with van der Waals surface area (Å²) in [5.41, 5.74) is 7.35. The van der Waals surface area contributed by atoms with E-state index >= 15 is 0 Å². The number of hydrogen-bond donors (Lipinski definition) is 1. The highest BCUT2D eigenvalue weighted by Gasteiger charge is 2.10. The van der Waals surface area contributed by atoms with Crippen molar-refractivity contribution in [2.45, 2.75) is 0 Å². The van der Waals surface area contributed by atoms with Crippen molar-refractivity contribution >= 4 is 32.4 Å². The third-order valence-corrected chi connectivity index (χ3v) is 3.24. The first-order valence-electron chi connectivity index (χ1n) is 4.53. The minimum absolute atomic E-state index is 0.702. The second-order valence-corrected chi connectivity index (χ2v) is 4.47. The van der Waals surface area contributed by atoms with Crippen LogP contribution in [-0.2, 0) is 0 Å². The third kappa shape index (κ3) is 1.70. The molecule has 0 aliphatic heterocycles. The Kier molecular flexibility index (Phi) is 2.40. The number of aromatic nitrogens is 1. The van der Waals surface area contributed by atoms with Crippen molar-refractivity contribution in [2.75, 3.05) is 31.8 Å². The van der Waals surface area contributed by atoms with E-state index in [9.17, 15) is 0 Å². The molecular weight excluding hydrogens is 210 g/mol. The van der Waals surface area contributed by atoms with E-state index in [-0.39, 0.29) is 0 Å². The van der Waals surface area contributed by atoms with Crippen molar-refractivity contribution in [1.29, 1.82) is 0 Å². The Labute approximate surface area is 92.3 Å². The van der Waals surface area contributed by atoms with E-state index in [0.29, 0.717) is 5.69 Å². The molecule has 2 N–H and O–H groups in total. The molecule has 0 saturated heterocycles. The maximum absolute atomic E-state index is 5.77. The molecular formula is C10H13N3OS. The van der Waals surface area contributed by atoms with E-state index in [4.69, 9.17) is 10.5 Å². The van der Waals surface area contributed by atoms with Gasteiger partial charge in [0.05, 0.1) is 11.8 Å². The van der Waals surface area contributed by atoms with E-state index in [2.05, 4.69) is 4.98 Å². The summed E-state index contributed by atoms with van der Waals surface area (Å²) in [6.45, 7) is 0. The van der Waals surface area contributed by atoms with Gasteiger partial charge in [-0.3, -0.25) is 0 Å². The summed E-state index contributed by atoms with van der Waals surface area (Å²) in [5.74, 6) is 0.731. The van der Waals surface area contributed by atoms with Gasteiger partial charge < -0.3 is 15.4 Å². The first-order valence-corrected chi connectivity index (χ1v) is 5.35. The summed E-state index contributed by atoms with van der Waals surface area (Å²) in [7, 11) is 5.56. The van der Waals surface area contributed by atoms with Crippen LogP contribution in [0.25, 0.3) is 10.2 Å². The summed E-state index contributed by atoms with van der Waals surface area (Å²) in [6, 6.07) is 3.71. The Hall–Kier alpha value is -1.49. The zero-order chi connectivity index (χ0) is 11.0. The lowest BCUT2D eigenvalue weighted by Crippen LogP contribution is -2.07. The number of rotatable bonds is 2. The number of ether oxygens (including phenoxy) is 1. The minimum Gasteiger partial charge on any atom is -0.494 e. The predicted octanol–water partition coefficient (Wildman–Crippen LogP) is 1.95. The van der Waals surface area contributed by atoms with Crippen LogP contribution in [0.1, 0.15) is 0 Å². The van der Waals surface area contributed by atoms with Crippen molar-refractivity contribution in [3.63, 3.8) is 0 Å². The number of nitrogens with zero attached hydrogens (tertiary/aromatic N) is 2. The molecule has 0 fully saturated rings. The summed E-state index contributed by atoms with van der Waals surface area (Å²) in [5, 5.41) is 0.953. The van der Waals surface area contributed by atoms with Gasteiger partial charge in [-0.1, -0.05) is 11.3 Å². The molecule has 0 aliphatic carbocycles. The van der Waals surface area contributed by atoms with Crippen molar-refractivity contribution in [1.82, 2.24) is 4.98 Å². The normalized spacial score (nSPS) is 10.6. The van der Waals surface area contributed by atoms with E-state index in [1.807, 2.05) is 25.1 Å². The Balaban J connectivity index is 2.68. The lowest BCUT2D eigenvalue weighted by molar-refractivity contribution is 0.419. The average Bonchev–Trinajstić information content (AvgIpc) is 2.59. The van der Waals surface area contributed by atoms with E-state index in [1.54, 1.807) is 24.5 Å². The maximum Gasteiger partial charge on any atom is 0.186 e. The Morgan fingerprint density at radius 3 is 2.73 bits per heavy atom. The van der Waals surface area contributed by atoms with Gasteiger partial charge in [0.2, 0.25) is 0 Å². The van der Waals surface area contributed by atoms with Crippen molar-refractivity contribution in [3.8, 4) is 5.75 Å². The SMILES string of the molecule is COc1cc(N)cc2sc(N(C)C)nc12. The molecule has 0 unspecified atom stereocenters. The molecule has 15 heavy (non-hydrogen) atoms. The maximum atomic E-state index is 5.77. The lowest BCUT2D eigenvalue weighted by Gasteiger charge is -2.05. The van der Waals surface area contributed by atoms with Crippen LogP contribution in [0.3, 0.4) is 0 Å². The largest absolute Gasteiger partial charge is 0.494 e. The summed E-state index contributed by atoms with van der Waals surface area (Å²) in [4.78, 5) is 6.46. The molecule has 0 saturated carbocycles. The molecule has 1 aromatic carbocycles. The lowest BCUT2D eigenvalue weighted by atomic mass is 10.3. The molecule has 0 radical (unpaired) electrons. The Bertz CT molecular complexity index is 493. The summed E-state index contributed by atoms with van der Waals surface area (Å²) < 4.78 is 6.30. The first kappa shape index (κ1) is 10.0. The van der Waals surface area contributed by atoms with Gasteiger partial charge in [0, 0.05) is 25.8 Å². The second-order valence-electron chi connectivity index (χ2n) is 3.46. The van der Waals surface area contributed by atoms with Gasteiger partial charge in [0.15, 0.2) is 5.13 Å². The van der Waals surface area contributed by atoms with Crippen molar-refractivity contribution < 1.29 is 4.74 Å². The van der Waals surface area contributed by atoms with Crippen LogP contribution in [0, 0.1) is 0 Å². The zero-order valence-electron chi connectivity index (χ0n) is 8.94. The first-order chi connectivity index (χ1) is 7.11. The van der Waals surface area contributed by atoms with Gasteiger partial charge >= 0.3 is 0 Å². The van der Waals surface area contributed by atoms with Crippen LogP contribution in [-0.4, -0.2) is 26.2 Å². The number of hydrogen-bond acceptors (Lipinski definition) is 5. The molecule has 0 aliphatic rings. The average molecular weight is 223 g/mol. The smallest absolute Gasteiger partial charge is 0.186 e. The van der Waals surface area contributed by atoms with Crippen LogP contribution < -0.4 is 15.4 Å². The summed E-state index contributed by atoms with van der Waals surface area (Å²) in [6.07, 6.45) is 0. The topological polar surface area (TPSA) is 51.4 Å². The number of benzene rings is 1. The van der Waals surface area contributed by atoms with Crippen LogP contribution >= 0.6 is 11.3 Å². The van der Waals surface area contributed by atoms with Crippen LogP contribution in [0.5, 0.6) is 5.75 Å². The fraction of sp³-hybridized carbons (Fsp3) is 0.300. The molecule has 2 aromatic rings. The minimum atomic E-state index is 0.702. The number of methoxy groups -OCH3 is 1. The molecule has 0 spiro atoms. The summed E-state index contributed by atoms with van der Waals surface area (Å²) >= 11 is 1.60. The Morgan fingerprint density at radius 1 is 1.40 bits per heavy atom. The molecule has 5 heteroatoms. The predicted molar refractivity (Wildman–Crippen MR) is 64.9 cm³/mol. The molecule has 1 heterocycles. The van der Waals surface area contributed by atoms with Crippen LogP contribution in [0.15, 0.2) is 12.1 Å². The molecule has 1 aromatic heterocycles. The number of anilines is 2. The van der Waals surface area contributed by atoms with Crippen LogP contribution in [0.4, 0.5) is 10.8 Å². The third-order valence-electron chi connectivity index (χ3n) is 2.07. The van der Waals surface area contributed by atoms with Crippen LogP contribution in [0.2, 0.25) is 0 Å². The Morgan fingerprint density at radius 2 is 2.13 bits per heavy atom. The quantitative estimate of drug-likeness (QED) is 0.791. The van der Waals surface area contributed by atoms with Gasteiger partial charge in [-0.2, -0.15) is 0 Å². The molecule has 4 nitrogen and oxygen atoms in total. The molecule has 2 rings (SSSR count). The molecule has 0 bridgehead atoms. The fourth-order valence-corrected chi connectivity index (χ4v) is 2.31. The zero-order valence-corrected chi connectivity index (χ0v) is 9.76. The van der Waals surface area contributed by atoms with Gasteiger partial charge in [-0.15, -0.1) is 0 Å². The van der Waals surface area contributed by atoms with E-state index in [1.165, 1.54) is 0 Å². The highest BCUT2D eigenvalue weighted by Crippen LogP contribution is 2.35. The number of thiazole rings is 1. The van der Waals surface area contributed by atoms with Gasteiger partial charge in [-0.05, 0) is 6.07 Å². The highest BCUT2D eigenvalue weighted by atomic mass is 32.1. The van der Waals surface area contributed by atoms with E-state index in [0.717, 1.165) is 21.1 Å². The molecule has 80 valence electrons. The molecule has 0 atom stereocenters.